The van der Waals surface area contributed by atoms with Crippen molar-refractivity contribution in [2.24, 2.45) is 0 Å². The van der Waals surface area contributed by atoms with Crippen LogP contribution in [0.2, 0.25) is 10.0 Å². The minimum absolute atomic E-state index is 0.193. The van der Waals surface area contributed by atoms with Gasteiger partial charge >= 0.3 is 0 Å². The van der Waals surface area contributed by atoms with Gasteiger partial charge in [-0.3, -0.25) is 14.2 Å². The van der Waals surface area contributed by atoms with Crippen LogP contribution in [0.3, 0.4) is 0 Å². The van der Waals surface area contributed by atoms with Crippen LogP contribution < -0.4 is 10.9 Å². The number of benzene rings is 2. The summed E-state index contributed by atoms with van der Waals surface area (Å²) in [4.78, 5) is 29.6. The van der Waals surface area contributed by atoms with Crippen LogP contribution in [0.5, 0.6) is 0 Å². The Labute approximate surface area is 195 Å². The van der Waals surface area contributed by atoms with Crippen LogP contribution >= 0.6 is 39.1 Å². The maximum Gasteiger partial charge on any atom is 0.264 e. The lowest BCUT2D eigenvalue weighted by atomic mass is 10.2. The van der Waals surface area contributed by atoms with Gasteiger partial charge in [0.05, 0.1) is 29.9 Å². The summed E-state index contributed by atoms with van der Waals surface area (Å²) in [5.74, 6) is -0.292. The Morgan fingerprint density at radius 2 is 2.00 bits per heavy atom. The summed E-state index contributed by atoms with van der Waals surface area (Å²) in [5, 5.41) is 8.45. The van der Waals surface area contributed by atoms with Crippen LogP contribution in [0.15, 0.2) is 64.3 Å². The van der Waals surface area contributed by atoms with Crippen molar-refractivity contribution in [3.63, 3.8) is 0 Å². The van der Waals surface area contributed by atoms with Gasteiger partial charge in [-0.1, -0.05) is 51.3 Å². The molecular formula is C21H16BrCl2N5O2. The standard InChI is InChI=1S/C21H16BrCl2N5O2/c22-14-4-5-18(24)16(9-14)20(30)25-6-7-29-19-17(10-27-29)21(31)28(12-26-19)11-13-2-1-3-15(23)8-13/h1-5,8-10,12H,6-7,11H2,(H,25,30). The first-order valence-electron chi connectivity index (χ1n) is 9.31. The first-order chi connectivity index (χ1) is 14.9. The smallest absolute Gasteiger partial charge is 0.264 e. The highest BCUT2D eigenvalue weighted by molar-refractivity contribution is 9.10. The fourth-order valence-corrected chi connectivity index (χ4v) is 3.93. The molecule has 0 bridgehead atoms. The molecular weight excluding hydrogens is 505 g/mol. The largest absolute Gasteiger partial charge is 0.350 e. The monoisotopic (exact) mass is 519 g/mol. The zero-order valence-electron chi connectivity index (χ0n) is 16.1. The second-order valence-electron chi connectivity index (χ2n) is 6.79. The molecule has 0 aliphatic heterocycles. The van der Waals surface area contributed by atoms with Crippen molar-refractivity contribution in [2.75, 3.05) is 6.54 Å². The number of hydrogen-bond acceptors (Lipinski definition) is 4. The molecule has 0 saturated heterocycles. The average molecular weight is 521 g/mol. The summed E-state index contributed by atoms with van der Waals surface area (Å²) >= 11 is 15.4. The summed E-state index contributed by atoms with van der Waals surface area (Å²) in [5.41, 5.74) is 1.55. The van der Waals surface area contributed by atoms with E-state index in [4.69, 9.17) is 23.2 Å². The SMILES string of the molecule is O=C(NCCn1ncc2c(=O)n(Cc3cccc(Cl)c3)cnc21)c1cc(Br)ccc1Cl. The third kappa shape index (κ3) is 4.81. The molecule has 4 aromatic rings. The number of aromatic nitrogens is 4. The van der Waals surface area contributed by atoms with Gasteiger partial charge in [0.2, 0.25) is 0 Å². The normalized spacial score (nSPS) is 11.1. The number of hydrogen-bond donors (Lipinski definition) is 1. The number of carbonyl (C=O) groups is 1. The average Bonchev–Trinajstić information content (AvgIpc) is 3.15. The van der Waals surface area contributed by atoms with Gasteiger partial charge in [0.25, 0.3) is 11.5 Å². The second kappa shape index (κ2) is 9.21. The van der Waals surface area contributed by atoms with Gasteiger partial charge in [0, 0.05) is 16.0 Å². The minimum Gasteiger partial charge on any atom is -0.350 e. The molecule has 2 heterocycles. The van der Waals surface area contributed by atoms with E-state index in [0.29, 0.717) is 46.3 Å². The van der Waals surface area contributed by atoms with E-state index in [0.717, 1.165) is 10.0 Å². The maximum absolute atomic E-state index is 12.8. The van der Waals surface area contributed by atoms with Gasteiger partial charge in [0.1, 0.15) is 11.7 Å². The molecule has 158 valence electrons. The van der Waals surface area contributed by atoms with Crippen molar-refractivity contribution >= 4 is 56.1 Å². The Kier molecular flexibility index (Phi) is 6.41. The molecule has 1 N–H and O–H groups in total. The highest BCUT2D eigenvalue weighted by atomic mass is 79.9. The topological polar surface area (TPSA) is 81.8 Å². The van der Waals surface area contributed by atoms with E-state index in [1.54, 1.807) is 28.9 Å². The summed E-state index contributed by atoms with van der Waals surface area (Å²) in [7, 11) is 0. The van der Waals surface area contributed by atoms with Crippen LogP contribution in [-0.2, 0) is 13.1 Å². The fourth-order valence-electron chi connectivity index (χ4n) is 3.15. The predicted molar refractivity (Wildman–Crippen MR) is 124 cm³/mol. The second-order valence-corrected chi connectivity index (χ2v) is 8.55. The molecule has 4 rings (SSSR count). The van der Waals surface area contributed by atoms with Crippen LogP contribution in [0.25, 0.3) is 11.0 Å². The van der Waals surface area contributed by atoms with Crippen molar-refractivity contribution in [3.8, 4) is 0 Å². The lowest BCUT2D eigenvalue weighted by molar-refractivity contribution is 0.0952. The van der Waals surface area contributed by atoms with E-state index in [1.807, 2.05) is 18.2 Å². The summed E-state index contributed by atoms with van der Waals surface area (Å²) < 4.78 is 3.86. The van der Waals surface area contributed by atoms with E-state index in [9.17, 15) is 9.59 Å². The molecule has 10 heteroatoms. The molecule has 0 atom stereocenters. The van der Waals surface area contributed by atoms with E-state index in [1.165, 1.54) is 17.1 Å². The Morgan fingerprint density at radius 3 is 2.81 bits per heavy atom. The third-order valence-corrected chi connectivity index (χ3v) is 5.70. The Morgan fingerprint density at radius 1 is 1.16 bits per heavy atom. The molecule has 7 nitrogen and oxygen atoms in total. The van der Waals surface area contributed by atoms with Gasteiger partial charge in [0.15, 0.2) is 5.65 Å². The van der Waals surface area contributed by atoms with E-state index in [-0.39, 0.29) is 11.5 Å². The predicted octanol–water partition coefficient (Wildman–Crippen LogP) is 4.14. The molecule has 2 aromatic carbocycles. The van der Waals surface area contributed by atoms with Crippen molar-refractivity contribution in [1.29, 1.82) is 0 Å². The van der Waals surface area contributed by atoms with Gasteiger partial charge in [-0.25, -0.2) is 9.67 Å². The quantitative estimate of drug-likeness (QED) is 0.414. The maximum atomic E-state index is 12.8. The van der Waals surface area contributed by atoms with Gasteiger partial charge < -0.3 is 5.32 Å². The van der Waals surface area contributed by atoms with Crippen molar-refractivity contribution in [3.05, 3.63) is 91.0 Å². The van der Waals surface area contributed by atoms with E-state index >= 15 is 0 Å². The Hall–Kier alpha value is -2.68. The molecule has 0 radical (unpaired) electrons. The van der Waals surface area contributed by atoms with E-state index < -0.39 is 0 Å². The lowest BCUT2D eigenvalue weighted by Gasteiger charge is -2.09. The number of fused-ring (bicyclic) bond motifs is 1. The van der Waals surface area contributed by atoms with E-state index in [2.05, 4.69) is 31.3 Å². The molecule has 0 spiro atoms. The molecule has 0 aliphatic rings. The number of carbonyl (C=O) groups excluding carboxylic acids is 1. The Balaban J connectivity index is 1.47. The lowest BCUT2D eigenvalue weighted by Crippen LogP contribution is -2.28. The van der Waals surface area contributed by atoms with Crippen LogP contribution in [0.1, 0.15) is 15.9 Å². The zero-order chi connectivity index (χ0) is 22.0. The molecule has 31 heavy (non-hydrogen) atoms. The first kappa shape index (κ1) is 21.5. The van der Waals surface area contributed by atoms with Crippen molar-refractivity contribution < 1.29 is 4.79 Å². The fraction of sp³-hybridized carbons (Fsp3) is 0.143. The number of halogens is 3. The molecule has 1 amide bonds. The molecule has 0 aliphatic carbocycles. The van der Waals surface area contributed by atoms with Crippen molar-refractivity contribution in [2.45, 2.75) is 13.1 Å². The van der Waals surface area contributed by atoms with Crippen LogP contribution in [0.4, 0.5) is 0 Å². The summed E-state index contributed by atoms with van der Waals surface area (Å²) in [6.07, 6.45) is 2.98. The molecule has 0 unspecified atom stereocenters. The highest BCUT2D eigenvalue weighted by Gasteiger charge is 2.13. The van der Waals surface area contributed by atoms with Gasteiger partial charge in [-0.05, 0) is 35.9 Å². The number of rotatable bonds is 6. The van der Waals surface area contributed by atoms with Gasteiger partial charge in [-0.15, -0.1) is 0 Å². The zero-order valence-corrected chi connectivity index (χ0v) is 19.2. The number of amides is 1. The van der Waals surface area contributed by atoms with Crippen molar-refractivity contribution in [1.82, 2.24) is 24.6 Å². The molecule has 0 fully saturated rings. The number of nitrogens with zero attached hydrogens (tertiary/aromatic N) is 4. The van der Waals surface area contributed by atoms with Crippen LogP contribution in [0, 0.1) is 0 Å². The molecule has 0 saturated carbocycles. The number of nitrogens with one attached hydrogen (secondary N) is 1. The minimum atomic E-state index is -0.292. The highest BCUT2D eigenvalue weighted by Crippen LogP contribution is 2.20. The molecule has 2 aromatic heterocycles. The third-order valence-electron chi connectivity index (χ3n) is 4.65. The first-order valence-corrected chi connectivity index (χ1v) is 10.9. The summed E-state index contributed by atoms with van der Waals surface area (Å²) in [6.45, 7) is 1.01. The van der Waals surface area contributed by atoms with Crippen LogP contribution in [-0.4, -0.2) is 31.8 Å². The summed E-state index contributed by atoms with van der Waals surface area (Å²) in [6, 6.07) is 12.4. The Bertz CT molecular complexity index is 1340. The van der Waals surface area contributed by atoms with Gasteiger partial charge in [-0.2, -0.15) is 5.10 Å².